The van der Waals surface area contributed by atoms with Crippen LogP contribution in [0.4, 0.5) is 5.82 Å². The molecule has 7 heteroatoms. The van der Waals surface area contributed by atoms with Crippen LogP contribution in [0.25, 0.3) is 21.3 Å². The monoisotopic (exact) mass is 393 g/mol. The van der Waals surface area contributed by atoms with Crippen molar-refractivity contribution in [3.8, 4) is 0 Å². The minimum absolute atomic E-state index is 0.375. The number of nitrogens with two attached hydrogens (primary N) is 1. The van der Waals surface area contributed by atoms with Crippen molar-refractivity contribution < 1.29 is 4.42 Å². The van der Waals surface area contributed by atoms with Gasteiger partial charge in [-0.1, -0.05) is 12.1 Å². The smallest absolute Gasteiger partial charge is 0.198 e. The number of piperidine rings is 1. The van der Waals surface area contributed by atoms with E-state index in [1.54, 1.807) is 11.3 Å². The molecule has 4 heterocycles. The van der Waals surface area contributed by atoms with E-state index in [9.17, 15) is 0 Å². The maximum absolute atomic E-state index is 6.23. The van der Waals surface area contributed by atoms with Gasteiger partial charge in [0, 0.05) is 10.8 Å². The minimum Gasteiger partial charge on any atom is -0.440 e. The first-order valence-corrected chi connectivity index (χ1v) is 10.5. The van der Waals surface area contributed by atoms with Crippen LogP contribution in [0.3, 0.4) is 0 Å². The van der Waals surface area contributed by atoms with Crippen molar-refractivity contribution in [2.75, 3.05) is 18.8 Å². The molecule has 1 aliphatic rings. The molecule has 1 aliphatic heterocycles. The van der Waals surface area contributed by atoms with Crippen molar-refractivity contribution in [2.24, 2.45) is 0 Å². The highest BCUT2D eigenvalue weighted by Crippen LogP contribution is 2.33. The van der Waals surface area contributed by atoms with E-state index in [0.29, 0.717) is 11.7 Å². The number of hydrogen-bond acceptors (Lipinski definition) is 7. The number of para-hydroxylation sites is 2. The first-order valence-electron chi connectivity index (χ1n) is 9.68. The van der Waals surface area contributed by atoms with Gasteiger partial charge in [-0.3, -0.25) is 4.90 Å². The molecule has 6 nitrogen and oxygen atoms in total. The van der Waals surface area contributed by atoms with Crippen molar-refractivity contribution in [2.45, 2.75) is 39.2 Å². The zero-order chi connectivity index (χ0) is 19.3. The van der Waals surface area contributed by atoms with Crippen LogP contribution < -0.4 is 5.73 Å². The van der Waals surface area contributed by atoms with E-state index in [0.717, 1.165) is 65.5 Å². The van der Waals surface area contributed by atoms with Gasteiger partial charge in [-0.15, -0.1) is 11.3 Å². The average Bonchev–Trinajstić information content (AvgIpc) is 3.23. The normalized spacial score (nSPS) is 16.4. The highest BCUT2D eigenvalue weighted by molar-refractivity contribution is 7.18. The third kappa shape index (κ3) is 3.04. The van der Waals surface area contributed by atoms with Gasteiger partial charge in [-0.2, -0.15) is 0 Å². The quantitative estimate of drug-likeness (QED) is 0.555. The Kier molecular flexibility index (Phi) is 4.29. The molecule has 0 saturated carbocycles. The van der Waals surface area contributed by atoms with E-state index in [-0.39, 0.29) is 0 Å². The Hall–Kier alpha value is -2.51. The van der Waals surface area contributed by atoms with E-state index >= 15 is 0 Å². The van der Waals surface area contributed by atoms with Gasteiger partial charge in [0.1, 0.15) is 22.0 Å². The highest BCUT2D eigenvalue weighted by Gasteiger charge is 2.25. The number of nitrogens with zero attached hydrogens (tertiary/aromatic N) is 4. The SMILES string of the molecule is Cc1sc2nc(CN3CCC(c4nc5ccccc5o4)CC3)nc(N)c2c1C. The van der Waals surface area contributed by atoms with Crippen LogP contribution in [0.1, 0.15) is 40.9 Å². The zero-order valence-corrected chi connectivity index (χ0v) is 16.9. The second-order valence-corrected chi connectivity index (χ2v) is 8.76. The summed E-state index contributed by atoms with van der Waals surface area (Å²) in [5.74, 6) is 2.65. The Morgan fingerprint density at radius 2 is 1.93 bits per heavy atom. The van der Waals surface area contributed by atoms with Crippen LogP contribution in [0, 0.1) is 13.8 Å². The summed E-state index contributed by atoms with van der Waals surface area (Å²) in [5, 5.41) is 1.01. The van der Waals surface area contributed by atoms with Crippen LogP contribution in [0.2, 0.25) is 0 Å². The molecule has 2 N–H and O–H groups in total. The molecule has 0 unspecified atom stereocenters. The number of oxazole rings is 1. The number of anilines is 1. The van der Waals surface area contributed by atoms with Gasteiger partial charge in [-0.25, -0.2) is 15.0 Å². The fraction of sp³-hybridized carbons (Fsp3) is 0.381. The Bertz CT molecular complexity index is 1120. The van der Waals surface area contributed by atoms with Gasteiger partial charge in [0.25, 0.3) is 0 Å². The summed E-state index contributed by atoms with van der Waals surface area (Å²) in [5.41, 5.74) is 9.24. The number of nitrogen functional groups attached to an aromatic ring is 1. The number of aryl methyl sites for hydroxylation is 2. The summed E-state index contributed by atoms with van der Waals surface area (Å²) in [4.78, 5) is 18.7. The maximum Gasteiger partial charge on any atom is 0.198 e. The molecule has 0 bridgehead atoms. The molecule has 5 rings (SSSR count). The van der Waals surface area contributed by atoms with E-state index in [1.807, 2.05) is 24.3 Å². The molecule has 1 saturated heterocycles. The molecule has 0 spiro atoms. The molecule has 0 atom stereocenters. The van der Waals surface area contributed by atoms with Crippen molar-refractivity contribution in [3.63, 3.8) is 0 Å². The lowest BCUT2D eigenvalue weighted by molar-refractivity contribution is 0.190. The van der Waals surface area contributed by atoms with Crippen LogP contribution in [0.5, 0.6) is 0 Å². The van der Waals surface area contributed by atoms with E-state index in [2.05, 4.69) is 28.7 Å². The molecule has 144 valence electrons. The fourth-order valence-corrected chi connectivity index (χ4v) is 5.06. The second kappa shape index (κ2) is 6.83. The number of thiophene rings is 1. The molecule has 4 aromatic rings. The highest BCUT2D eigenvalue weighted by atomic mass is 32.1. The number of aromatic nitrogens is 3. The van der Waals surface area contributed by atoms with E-state index in [4.69, 9.17) is 15.1 Å². The third-order valence-corrected chi connectivity index (χ3v) is 6.82. The standard InChI is InChI=1S/C21H23N5OS/c1-12-13(2)28-21-18(12)19(22)24-17(25-21)11-26-9-7-14(8-10-26)20-23-15-5-3-4-6-16(15)27-20/h3-6,14H,7-11H2,1-2H3,(H2,22,24,25). The van der Waals surface area contributed by atoms with Gasteiger partial charge >= 0.3 is 0 Å². The van der Waals surface area contributed by atoms with E-state index < -0.39 is 0 Å². The lowest BCUT2D eigenvalue weighted by Crippen LogP contribution is -2.33. The van der Waals surface area contributed by atoms with Crippen molar-refractivity contribution in [1.29, 1.82) is 0 Å². The van der Waals surface area contributed by atoms with Crippen molar-refractivity contribution in [1.82, 2.24) is 19.9 Å². The molecule has 0 radical (unpaired) electrons. The Morgan fingerprint density at radius 1 is 1.14 bits per heavy atom. The zero-order valence-electron chi connectivity index (χ0n) is 16.1. The molecule has 1 aromatic carbocycles. The van der Waals surface area contributed by atoms with Gasteiger partial charge in [-0.05, 0) is 57.5 Å². The molecule has 28 heavy (non-hydrogen) atoms. The molecule has 3 aromatic heterocycles. The molecular weight excluding hydrogens is 370 g/mol. The van der Waals surface area contributed by atoms with Gasteiger partial charge in [0.15, 0.2) is 11.5 Å². The number of benzene rings is 1. The third-order valence-electron chi connectivity index (χ3n) is 5.72. The molecular formula is C21H23N5OS. The number of fused-ring (bicyclic) bond motifs is 2. The lowest BCUT2D eigenvalue weighted by atomic mass is 9.97. The first-order chi connectivity index (χ1) is 13.6. The second-order valence-electron chi connectivity index (χ2n) is 7.56. The number of hydrogen-bond donors (Lipinski definition) is 1. The largest absolute Gasteiger partial charge is 0.440 e. The van der Waals surface area contributed by atoms with E-state index in [1.165, 1.54) is 10.4 Å². The summed E-state index contributed by atoms with van der Waals surface area (Å²) in [7, 11) is 0. The number of likely N-dealkylation sites (tertiary alicyclic amines) is 1. The molecule has 0 aliphatic carbocycles. The molecule has 0 amide bonds. The Morgan fingerprint density at radius 3 is 2.71 bits per heavy atom. The fourth-order valence-electron chi connectivity index (χ4n) is 4.00. The molecule has 1 fully saturated rings. The van der Waals surface area contributed by atoms with Gasteiger partial charge in [0.05, 0.1) is 11.9 Å². The summed E-state index contributed by atoms with van der Waals surface area (Å²) in [6, 6.07) is 7.96. The van der Waals surface area contributed by atoms with Gasteiger partial charge < -0.3 is 10.2 Å². The summed E-state index contributed by atoms with van der Waals surface area (Å²) in [6.45, 7) is 6.89. The average molecular weight is 394 g/mol. The van der Waals surface area contributed by atoms with Crippen LogP contribution in [-0.2, 0) is 6.54 Å². The summed E-state index contributed by atoms with van der Waals surface area (Å²) in [6.07, 6.45) is 2.06. The topological polar surface area (TPSA) is 81.1 Å². The predicted octanol–water partition coefficient (Wildman–Crippen LogP) is 4.41. The van der Waals surface area contributed by atoms with Crippen LogP contribution in [0.15, 0.2) is 28.7 Å². The summed E-state index contributed by atoms with van der Waals surface area (Å²) < 4.78 is 5.97. The number of rotatable bonds is 3. The lowest BCUT2D eigenvalue weighted by Gasteiger charge is -2.29. The summed E-state index contributed by atoms with van der Waals surface area (Å²) >= 11 is 1.70. The Balaban J connectivity index is 1.29. The van der Waals surface area contributed by atoms with Crippen LogP contribution in [-0.4, -0.2) is 32.9 Å². The minimum atomic E-state index is 0.375. The maximum atomic E-state index is 6.23. The van der Waals surface area contributed by atoms with Crippen molar-refractivity contribution >= 4 is 38.5 Å². The van der Waals surface area contributed by atoms with Crippen LogP contribution >= 0.6 is 11.3 Å². The van der Waals surface area contributed by atoms with Gasteiger partial charge in [0.2, 0.25) is 0 Å². The Labute approximate surface area is 167 Å². The first kappa shape index (κ1) is 17.6. The predicted molar refractivity (Wildman–Crippen MR) is 113 cm³/mol. The van der Waals surface area contributed by atoms with Crippen molar-refractivity contribution in [3.05, 3.63) is 46.4 Å².